The zero-order valence-electron chi connectivity index (χ0n) is 16.3. The van der Waals surface area contributed by atoms with Gasteiger partial charge in [0.1, 0.15) is 5.82 Å². The molecule has 6 rings (SSSR count). The molecule has 2 aromatic carbocycles. The van der Waals surface area contributed by atoms with E-state index in [1.165, 1.54) is 36.2 Å². The average Bonchev–Trinajstić information content (AvgIpc) is 2.72. The van der Waals surface area contributed by atoms with Crippen LogP contribution in [0.15, 0.2) is 54.6 Å². The highest BCUT2D eigenvalue weighted by molar-refractivity contribution is 5.96. The fourth-order valence-corrected chi connectivity index (χ4v) is 6.58. The van der Waals surface area contributed by atoms with Crippen molar-refractivity contribution >= 4 is 11.8 Å². The predicted octanol–water partition coefficient (Wildman–Crippen LogP) is 4.12. The van der Waals surface area contributed by atoms with Gasteiger partial charge in [0.25, 0.3) is 5.91 Å². The van der Waals surface area contributed by atoms with Crippen molar-refractivity contribution in [3.8, 4) is 0 Å². The number of halogens is 1. The summed E-state index contributed by atoms with van der Waals surface area (Å²) in [5.41, 5.74) is 6.54. The van der Waals surface area contributed by atoms with Gasteiger partial charge in [-0.2, -0.15) is 0 Å². The third-order valence-corrected chi connectivity index (χ3v) is 7.32. The Morgan fingerprint density at radius 1 is 0.862 bits per heavy atom. The molecule has 29 heavy (non-hydrogen) atoms. The molecule has 4 aliphatic rings. The molecule has 4 fully saturated rings. The van der Waals surface area contributed by atoms with Crippen molar-refractivity contribution in [2.45, 2.75) is 43.9 Å². The maximum atomic E-state index is 13.3. The molecule has 0 heterocycles. The Balaban J connectivity index is 1.34. The van der Waals surface area contributed by atoms with Gasteiger partial charge in [0, 0.05) is 5.56 Å². The first-order valence-corrected chi connectivity index (χ1v) is 10.4. The lowest BCUT2D eigenvalue weighted by Crippen LogP contribution is -2.60. The lowest BCUT2D eigenvalue weighted by atomic mass is 9.42. The Kier molecular flexibility index (Phi) is 4.23. The number of hydrazine groups is 1. The first-order valence-electron chi connectivity index (χ1n) is 10.4. The number of carbonyl (C=O) groups excluding carboxylic acids is 2. The van der Waals surface area contributed by atoms with E-state index in [0.29, 0.717) is 17.4 Å². The number of rotatable bonds is 3. The highest BCUT2D eigenvalue weighted by Crippen LogP contribution is 2.65. The van der Waals surface area contributed by atoms with Crippen LogP contribution in [-0.4, -0.2) is 11.8 Å². The molecule has 4 atom stereocenters. The summed E-state index contributed by atoms with van der Waals surface area (Å²) in [6.07, 6.45) is 6.17. The van der Waals surface area contributed by atoms with Crippen LogP contribution in [0, 0.1) is 23.1 Å². The van der Waals surface area contributed by atoms with Crippen molar-refractivity contribution in [3.05, 3.63) is 71.5 Å². The zero-order chi connectivity index (χ0) is 20.1. The molecular formula is C24H25FN2O2. The van der Waals surface area contributed by atoms with Gasteiger partial charge in [-0.25, -0.2) is 4.39 Å². The Labute approximate surface area is 169 Å². The van der Waals surface area contributed by atoms with Gasteiger partial charge in [0.15, 0.2) is 0 Å². The smallest absolute Gasteiger partial charge is 0.269 e. The molecule has 0 aliphatic heterocycles. The van der Waals surface area contributed by atoms with Crippen molar-refractivity contribution in [1.29, 1.82) is 0 Å². The molecule has 0 saturated heterocycles. The Bertz CT molecular complexity index is 927. The molecule has 4 saturated carbocycles. The van der Waals surface area contributed by atoms with Crippen LogP contribution in [0.2, 0.25) is 0 Å². The molecule has 2 N–H and O–H groups in total. The zero-order valence-corrected chi connectivity index (χ0v) is 16.3. The van der Waals surface area contributed by atoms with E-state index in [9.17, 15) is 14.0 Å². The first-order chi connectivity index (χ1) is 14.0. The number of hydrogen-bond acceptors (Lipinski definition) is 2. The lowest BCUT2D eigenvalue weighted by Gasteiger charge is -2.61. The molecule has 0 radical (unpaired) electrons. The first kappa shape index (κ1) is 18.3. The number of carbonyl (C=O) groups is 2. The van der Waals surface area contributed by atoms with Crippen LogP contribution in [0.25, 0.3) is 0 Å². The monoisotopic (exact) mass is 392 g/mol. The maximum Gasteiger partial charge on any atom is 0.269 e. The number of nitrogens with one attached hydrogen (secondary N) is 2. The molecule has 0 spiro atoms. The van der Waals surface area contributed by atoms with Gasteiger partial charge in [0.05, 0.1) is 5.41 Å². The quantitative estimate of drug-likeness (QED) is 0.772. The van der Waals surface area contributed by atoms with E-state index in [1.54, 1.807) is 0 Å². The normalized spacial score (nSPS) is 32.0. The molecule has 2 unspecified atom stereocenters. The highest BCUT2D eigenvalue weighted by Gasteiger charge is 2.60. The van der Waals surface area contributed by atoms with E-state index in [4.69, 9.17) is 0 Å². The summed E-state index contributed by atoms with van der Waals surface area (Å²) >= 11 is 0. The Hall–Kier alpha value is -2.69. The Morgan fingerprint density at radius 2 is 1.52 bits per heavy atom. The molecular weight excluding hydrogens is 367 g/mol. The Morgan fingerprint density at radius 3 is 2.17 bits per heavy atom. The van der Waals surface area contributed by atoms with Gasteiger partial charge >= 0.3 is 0 Å². The summed E-state index contributed by atoms with van der Waals surface area (Å²) in [6, 6.07) is 15.9. The van der Waals surface area contributed by atoms with E-state index < -0.39 is 17.1 Å². The van der Waals surface area contributed by atoms with Crippen molar-refractivity contribution in [2.75, 3.05) is 0 Å². The van der Waals surface area contributed by atoms with E-state index in [-0.39, 0.29) is 11.3 Å². The van der Waals surface area contributed by atoms with Gasteiger partial charge in [-0.1, -0.05) is 30.3 Å². The second kappa shape index (κ2) is 6.68. The van der Waals surface area contributed by atoms with Crippen LogP contribution in [0.1, 0.15) is 54.4 Å². The number of hydrogen-bond donors (Lipinski definition) is 2. The SMILES string of the molecule is O=C(NNC(=O)C12C[C@H]3C[C@@H](C1)CC(c1ccccc1)(C3)C2)c1ccc(F)cc1. The number of benzene rings is 2. The maximum absolute atomic E-state index is 13.3. The molecule has 2 aromatic rings. The lowest BCUT2D eigenvalue weighted by molar-refractivity contribution is -0.149. The van der Waals surface area contributed by atoms with E-state index in [0.717, 1.165) is 32.1 Å². The van der Waals surface area contributed by atoms with Gasteiger partial charge in [0.2, 0.25) is 5.91 Å². The van der Waals surface area contributed by atoms with E-state index in [1.807, 2.05) is 6.07 Å². The summed E-state index contributed by atoms with van der Waals surface area (Å²) in [6.45, 7) is 0. The van der Waals surface area contributed by atoms with Crippen LogP contribution >= 0.6 is 0 Å². The van der Waals surface area contributed by atoms with Crippen molar-refractivity contribution < 1.29 is 14.0 Å². The summed E-state index contributed by atoms with van der Waals surface area (Å²) in [5.74, 6) is 0.221. The van der Waals surface area contributed by atoms with Crippen LogP contribution in [0.5, 0.6) is 0 Å². The fraction of sp³-hybridized carbons (Fsp3) is 0.417. The minimum absolute atomic E-state index is 0.0731. The third kappa shape index (κ3) is 3.13. The molecule has 150 valence electrons. The molecule has 4 aliphatic carbocycles. The summed E-state index contributed by atoms with van der Waals surface area (Å²) < 4.78 is 13.1. The molecule has 2 amide bonds. The van der Waals surface area contributed by atoms with E-state index >= 15 is 0 Å². The summed E-state index contributed by atoms with van der Waals surface area (Å²) in [5, 5.41) is 0. The van der Waals surface area contributed by atoms with E-state index in [2.05, 4.69) is 35.1 Å². The average molecular weight is 392 g/mol. The standard InChI is InChI=1S/C24H25FN2O2/c25-20-8-6-18(7-9-20)21(28)26-27-22(29)24-13-16-10-17(14-24)12-23(11-16,15-24)19-4-2-1-3-5-19/h1-9,16-17H,10-15H2,(H,26,28)(H,27,29)/t16-,17+,23?,24?. The predicted molar refractivity (Wildman–Crippen MR) is 107 cm³/mol. The molecule has 4 bridgehead atoms. The minimum atomic E-state index is -0.430. The van der Waals surface area contributed by atoms with Gasteiger partial charge in [-0.05, 0) is 85.6 Å². The molecule has 4 nitrogen and oxygen atoms in total. The summed E-state index contributed by atoms with van der Waals surface area (Å²) in [4.78, 5) is 25.6. The van der Waals surface area contributed by atoms with Crippen LogP contribution in [0.3, 0.4) is 0 Å². The largest absolute Gasteiger partial charge is 0.273 e. The van der Waals surface area contributed by atoms with Gasteiger partial charge in [-0.15, -0.1) is 0 Å². The second-order valence-corrected chi connectivity index (χ2v) is 9.30. The van der Waals surface area contributed by atoms with Gasteiger partial charge < -0.3 is 0 Å². The van der Waals surface area contributed by atoms with Gasteiger partial charge in [-0.3, -0.25) is 20.4 Å². The minimum Gasteiger partial charge on any atom is -0.273 e. The molecule has 0 aromatic heterocycles. The van der Waals surface area contributed by atoms with Crippen LogP contribution < -0.4 is 10.9 Å². The van der Waals surface area contributed by atoms with Crippen molar-refractivity contribution in [1.82, 2.24) is 10.9 Å². The third-order valence-electron chi connectivity index (χ3n) is 7.32. The number of amides is 2. The molecule has 5 heteroatoms. The van der Waals surface area contributed by atoms with Crippen molar-refractivity contribution in [3.63, 3.8) is 0 Å². The summed E-state index contributed by atoms with van der Waals surface area (Å²) in [7, 11) is 0. The fourth-order valence-electron chi connectivity index (χ4n) is 6.58. The highest BCUT2D eigenvalue weighted by atomic mass is 19.1. The topological polar surface area (TPSA) is 58.2 Å². The van der Waals surface area contributed by atoms with Crippen molar-refractivity contribution in [2.24, 2.45) is 17.3 Å². The van der Waals surface area contributed by atoms with Crippen LogP contribution in [0.4, 0.5) is 4.39 Å². The second-order valence-electron chi connectivity index (χ2n) is 9.30. The van der Waals surface area contributed by atoms with Crippen LogP contribution in [-0.2, 0) is 10.2 Å².